The van der Waals surface area contributed by atoms with Gasteiger partial charge in [-0.25, -0.2) is 0 Å². The highest BCUT2D eigenvalue weighted by molar-refractivity contribution is 5.73. The van der Waals surface area contributed by atoms with Crippen molar-refractivity contribution in [2.45, 2.75) is 12.5 Å². The molecule has 1 aromatic rings. The van der Waals surface area contributed by atoms with Crippen molar-refractivity contribution in [1.29, 1.82) is 0 Å². The number of hydrogen-bond acceptors (Lipinski definition) is 4. The lowest BCUT2D eigenvalue weighted by molar-refractivity contribution is -0.144. The van der Waals surface area contributed by atoms with Crippen molar-refractivity contribution in [3.8, 4) is 0 Å². The van der Waals surface area contributed by atoms with Crippen LogP contribution in [0.25, 0.3) is 0 Å². The van der Waals surface area contributed by atoms with Crippen LogP contribution in [0.15, 0.2) is 24.4 Å². The zero-order valence-electron chi connectivity index (χ0n) is 8.64. The predicted molar refractivity (Wildman–Crippen MR) is 55.1 cm³/mol. The summed E-state index contributed by atoms with van der Waals surface area (Å²) in [5, 5.41) is 3.27. The number of nitrogens with zero attached hydrogens (tertiary/aromatic N) is 1. The summed E-state index contributed by atoms with van der Waals surface area (Å²) in [4.78, 5) is 15.6. The zero-order valence-corrected chi connectivity index (χ0v) is 8.64. The van der Waals surface area contributed by atoms with Gasteiger partial charge in [0, 0.05) is 12.7 Å². The first kappa shape index (κ1) is 10.1. The average molecular weight is 206 g/mol. The second-order valence-corrected chi connectivity index (χ2v) is 3.67. The van der Waals surface area contributed by atoms with Crippen molar-refractivity contribution < 1.29 is 9.53 Å². The quantitative estimate of drug-likeness (QED) is 0.731. The summed E-state index contributed by atoms with van der Waals surface area (Å²) in [6, 6.07) is 5.98. The fourth-order valence-electron chi connectivity index (χ4n) is 1.89. The lowest BCUT2D eigenvalue weighted by Crippen LogP contribution is -2.19. The Labute approximate surface area is 88.7 Å². The maximum Gasteiger partial charge on any atom is 0.310 e. The standard InChI is InChI=1S/C11H14N2O2/c1-15-11(14)8-6-10(13-7-8)9-4-2-3-5-12-9/h2-5,8,10,13H,6-7H2,1H3. The van der Waals surface area contributed by atoms with Crippen LogP contribution in [0.2, 0.25) is 0 Å². The molecule has 4 heteroatoms. The Morgan fingerprint density at radius 1 is 1.60 bits per heavy atom. The summed E-state index contributed by atoms with van der Waals surface area (Å²) in [7, 11) is 1.43. The highest BCUT2D eigenvalue weighted by atomic mass is 16.5. The molecule has 1 aliphatic heterocycles. The topological polar surface area (TPSA) is 51.2 Å². The molecular weight excluding hydrogens is 192 g/mol. The van der Waals surface area contributed by atoms with Crippen LogP contribution < -0.4 is 5.32 Å². The number of ether oxygens (including phenoxy) is 1. The smallest absolute Gasteiger partial charge is 0.310 e. The number of rotatable bonds is 2. The van der Waals surface area contributed by atoms with Gasteiger partial charge in [-0.15, -0.1) is 0 Å². The summed E-state index contributed by atoms with van der Waals surface area (Å²) >= 11 is 0. The Morgan fingerprint density at radius 2 is 2.47 bits per heavy atom. The second-order valence-electron chi connectivity index (χ2n) is 3.67. The van der Waals surface area contributed by atoms with E-state index < -0.39 is 0 Å². The highest BCUT2D eigenvalue weighted by Crippen LogP contribution is 2.26. The monoisotopic (exact) mass is 206 g/mol. The minimum Gasteiger partial charge on any atom is -0.469 e. The molecule has 1 fully saturated rings. The van der Waals surface area contributed by atoms with Crippen LogP contribution in [0.1, 0.15) is 18.2 Å². The number of methoxy groups -OCH3 is 1. The molecule has 0 bridgehead atoms. The zero-order chi connectivity index (χ0) is 10.7. The fourth-order valence-corrected chi connectivity index (χ4v) is 1.89. The van der Waals surface area contributed by atoms with Gasteiger partial charge in [-0.3, -0.25) is 9.78 Å². The van der Waals surface area contributed by atoms with Gasteiger partial charge >= 0.3 is 5.97 Å². The van der Waals surface area contributed by atoms with Crippen molar-refractivity contribution in [3.05, 3.63) is 30.1 Å². The molecule has 0 aliphatic carbocycles. The van der Waals surface area contributed by atoms with Crippen LogP contribution in [-0.4, -0.2) is 24.6 Å². The van der Waals surface area contributed by atoms with E-state index in [0.717, 1.165) is 12.1 Å². The number of esters is 1. The number of carbonyl (C=O) groups excluding carboxylic acids is 1. The van der Waals surface area contributed by atoms with E-state index in [-0.39, 0.29) is 17.9 Å². The number of pyridine rings is 1. The molecule has 2 unspecified atom stereocenters. The summed E-state index contributed by atoms with van der Waals surface area (Å²) in [6.45, 7) is 0.675. The van der Waals surface area contributed by atoms with E-state index in [4.69, 9.17) is 4.74 Å². The number of aromatic nitrogens is 1. The largest absolute Gasteiger partial charge is 0.469 e. The Morgan fingerprint density at radius 3 is 3.13 bits per heavy atom. The van der Waals surface area contributed by atoms with Crippen LogP contribution in [0.5, 0.6) is 0 Å². The van der Waals surface area contributed by atoms with Crippen molar-refractivity contribution in [2.24, 2.45) is 5.92 Å². The van der Waals surface area contributed by atoms with Crippen LogP contribution in [-0.2, 0) is 9.53 Å². The molecule has 2 atom stereocenters. The van der Waals surface area contributed by atoms with Gasteiger partial charge in [-0.05, 0) is 18.6 Å². The van der Waals surface area contributed by atoms with Crippen LogP contribution in [0.3, 0.4) is 0 Å². The second kappa shape index (κ2) is 4.40. The third-order valence-electron chi connectivity index (χ3n) is 2.71. The van der Waals surface area contributed by atoms with E-state index in [9.17, 15) is 4.79 Å². The van der Waals surface area contributed by atoms with Gasteiger partial charge < -0.3 is 10.1 Å². The maximum atomic E-state index is 11.3. The van der Waals surface area contributed by atoms with Gasteiger partial charge in [0.2, 0.25) is 0 Å². The van der Waals surface area contributed by atoms with Crippen molar-refractivity contribution in [3.63, 3.8) is 0 Å². The first-order valence-electron chi connectivity index (χ1n) is 5.03. The van der Waals surface area contributed by atoms with E-state index in [0.29, 0.717) is 6.54 Å². The number of nitrogens with one attached hydrogen (secondary N) is 1. The molecule has 80 valence electrons. The van der Waals surface area contributed by atoms with Gasteiger partial charge in [0.1, 0.15) is 0 Å². The van der Waals surface area contributed by atoms with E-state index in [1.807, 2.05) is 18.2 Å². The average Bonchev–Trinajstić information content (AvgIpc) is 2.78. The summed E-state index contributed by atoms with van der Waals surface area (Å²) in [6.07, 6.45) is 2.53. The maximum absolute atomic E-state index is 11.3. The van der Waals surface area contributed by atoms with Crippen molar-refractivity contribution >= 4 is 5.97 Å². The van der Waals surface area contributed by atoms with Crippen molar-refractivity contribution in [1.82, 2.24) is 10.3 Å². The Hall–Kier alpha value is -1.42. The van der Waals surface area contributed by atoms with Crippen LogP contribution in [0, 0.1) is 5.92 Å². The fraction of sp³-hybridized carbons (Fsp3) is 0.455. The minimum atomic E-state index is -0.138. The predicted octanol–water partition coefficient (Wildman–Crippen LogP) is 0.905. The van der Waals surface area contributed by atoms with Gasteiger partial charge in [-0.2, -0.15) is 0 Å². The minimum absolute atomic E-state index is 0.0398. The Bertz CT molecular complexity index is 340. The first-order valence-corrected chi connectivity index (χ1v) is 5.03. The lowest BCUT2D eigenvalue weighted by Gasteiger charge is -2.08. The number of carbonyl (C=O) groups is 1. The van der Waals surface area contributed by atoms with Crippen LogP contribution >= 0.6 is 0 Å². The van der Waals surface area contributed by atoms with E-state index in [1.54, 1.807) is 6.20 Å². The number of hydrogen-bond donors (Lipinski definition) is 1. The molecule has 0 aromatic carbocycles. The summed E-state index contributed by atoms with van der Waals surface area (Å²) in [5.74, 6) is -0.178. The molecule has 15 heavy (non-hydrogen) atoms. The molecule has 4 nitrogen and oxygen atoms in total. The summed E-state index contributed by atoms with van der Waals surface area (Å²) < 4.78 is 4.72. The van der Waals surface area contributed by atoms with Gasteiger partial charge in [0.25, 0.3) is 0 Å². The molecule has 1 aliphatic rings. The molecule has 2 rings (SSSR count). The lowest BCUT2D eigenvalue weighted by atomic mass is 10.0. The van der Waals surface area contributed by atoms with E-state index in [1.165, 1.54) is 7.11 Å². The van der Waals surface area contributed by atoms with Crippen molar-refractivity contribution in [2.75, 3.05) is 13.7 Å². The molecule has 0 amide bonds. The van der Waals surface area contributed by atoms with E-state index >= 15 is 0 Å². The molecular formula is C11H14N2O2. The first-order chi connectivity index (χ1) is 7.31. The molecule has 0 spiro atoms. The van der Waals surface area contributed by atoms with E-state index in [2.05, 4.69) is 10.3 Å². The molecule has 1 aromatic heterocycles. The van der Waals surface area contributed by atoms with Gasteiger partial charge in [0.05, 0.1) is 24.8 Å². The molecule has 0 radical (unpaired) electrons. The summed E-state index contributed by atoms with van der Waals surface area (Å²) in [5.41, 5.74) is 0.990. The highest BCUT2D eigenvalue weighted by Gasteiger charge is 2.31. The normalized spacial score (nSPS) is 25.1. The SMILES string of the molecule is COC(=O)C1CNC(c2ccccn2)C1. The van der Waals surface area contributed by atoms with Gasteiger partial charge in [-0.1, -0.05) is 6.07 Å². The third-order valence-corrected chi connectivity index (χ3v) is 2.71. The molecule has 0 saturated carbocycles. The Kier molecular flexibility index (Phi) is 2.97. The molecule has 1 saturated heterocycles. The molecule has 1 N–H and O–H groups in total. The Balaban J connectivity index is 2.02. The molecule has 2 heterocycles. The van der Waals surface area contributed by atoms with Gasteiger partial charge in [0.15, 0.2) is 0 Å². The van der Waals surface area contributed by atoms with Crippen LogP contribution in [0.4, 0.5) is 0 Å². The third kappa shape index (κ3) is 2.15.